The molecule has 608 valence electrons. The highest BCUT2D eigenvalue weighted by Crippen LogP contribution is 2.50. The molecule has 2 aliphatic rings. The summed E-state index contributed by atoms with van der Waals surface area (Å²) < 4.78 is 42.5. The molecule has 0 amide bonds. The van der Waals surface area contributed by atoms with Crippen LogP contribution in [0.1, 0.15) is 158 Å². The molecule has 0 saturated heterocycles. The molecule has 0 unspecified atom stereocenters. The Morgan fingerprint density at radius 3 is 0.639 bits per heavy atom. The van der Waals surface area contributed by atoms with Crippen molar-refractivity contribution in [2.24, 2.45) is 0 Å². The fraction of sp³-hybridized carbons (Fsp3) is 0.231. The first-order valence-electron chi connectivity index (χ1n) is 41.4. The van der Waals surface area contributed by atoms with E-state index in [0.717, 1.165) is 33.4 Å². The van der Waals surface area contributed by atoms with E-state index in [2.05, 4.69) is 207 Å². The highest BCUT2D eigenvalue weighted by Gasteiger charge is 2.31. The van der Waals surface area contributed by atoms with Crippen molar-refractivity contribution < 1.29 is 28.4 Å². The van der Waals surface area contributed by atoms with Gasteiger partial charge in [0.15, 0.2) is 57.8 Å². The summed E-state index contributed by atoms with van der Waals surface area (Å²) >= 11 is 0. The number of aromatic amines is 2. The van der Waals surface area contributed by atoms with E-state index >= 15 is 0 Å². The van der Waals surface area contributed by atoms with E-state index in [9.17, 15) is 0 Å². The summed E-state index contributed by atoms with van der Waals surface area (Å²) in [6.07, 6.45) is 3.49. The van der Waals surface area contributed by atoms with E-state index in [0.29, 0.717) is 169 Å². The van der Waals surface area contributed by atoms with Gasteiger partial charge in [-0.1, -0.05) is 210 Å². The molecule has 0 atom stereocenters. The lowest BCUT2D eigenvalue weighted by atomic mass is 9.87. The summed E-state index contributed by atoms with van der Waals surface area (Å²) in [4.78, 5) is 61.7. The van der Waals surface area contributed by atoms with Crippen LogP contribution in [-0.4, -0.2) is 59.8 Å². The molecule has 0 radical (unpaired) electrons. The van der Waals surface area contributed by atoms with Gasteiger partial charge in [0.05, 0.1) is 22.4 Å². The lowest BCUT2D eigenvalue weighted by molar-refractivity contribution is 0.418. The maximum atomic E-state index is 7.09. The van der Waals surface area contributed by atoms with E-state index in [1.807, 2.05) is 158 Å². The minimum atomic E-state index is -0.119. The summed E-state index contributed by atoms with van der Waals surface area (Å²) in [5.41, 5.74) is 13.4. The van der Waals surface area contributed by atoms with Gasteiger partial charge in [0.25, 0.3) is 0 Å². The van der Waals surface area contributed by atoms with Gasteiger partial charge in [0.2, 0.25) is 0 Å². The van der Waals surface area contributed by atoms with E-state index in [1.165, 1.54) is 0 Å². The molecule has 0 aliphatic carbocycles. The third-order valence-electron chi connectivity index (χ3n) is 22.3. The van der Waals surface area contributed by atoms with Crippen LogP contribution < -0.4 is 28.4 Å². The summed E-state index contributed by atoms with van der Waals surface area (Å²) in [5.74, 6) is 7.06. The lowest BCUT2D eigenvalue weighted by Crippen LogP contribution is -2.10. The molecular weight excluding hydrogens is 1510 g/mol. The number of ether oxygens (including phenoxy) is 6. The number of benzene rings is 10. The standard InChI is InChI=1S/C104H96N12O6/c1-99(2,3)59-25-37-65(38-26-59)117-83-53-73-75(55-85(83)119-67-41-29-61(30-42-67)101(7,8)9)95-112-93(73)110-91-71-51-81-82(108-90(80-24-20-22-50-106-80)89(107-81)79-23-19-21-49-105-79)52-72(71)92(109-91)111-94-74-54-84(118-66-39-27-60(28-40-66)100(4,5)6)86(120-68-43-31-62(32-44-68)102(10,11)12)56-76(74)96(113-94)115-98-78-58-88(122-70-47-35-64(36-48-70)104(16,17)18)87(57-77(78)97(114-95)116-98)121-69-45-33-63(34-46-69)103(13,14)15/h19-58H,1-18H3,(H2,109,110,111,112,113,114,115,116). The Morgan fingerprint density at radius 1 is 0.221 bits per heavy atom. The molecule has 8 bridgehead atoms. The van der Waals surface area contributed by atoms with Crippen LogP contribution in [0.25, 0.3) is 123 Å². The molecule has 18 heteroatoms. The number of nitrogens with one attached hydrogen (secondary N) is 2. The maximum absolute atomic E-state index is 7.09. The predicted molar refractivity (Wildman–Crippen MR) is 487 cm³/mol. The van der Waals surface area contributed by atoms with Gasteiger partial charge >= 0.3 is 0 Å². The number of hydrogen-bond acceptors (Lipinski definition) is 16. The van der Waals surface area contributed by atoms with Crippen LogP contribution in [0.5, 0.6) is 69.0 Å². The van der Waals surface area contributed by atoms with Gasteiger partial charge in [-0.2, -0.15) is 0 Å². The average Bonchev–Trinajstić information content (AvgIpc) is 1.57. The minimum absolute atomic E-state index is 0.118. The summed E-state index contributed by atoms with van der Waals surface area (Å²) in [5, 5.41) is 2.48. The first-order chi connectivity index (χ1) is 58.1. The molecule has 0 fully saturated rings. The van der Waals surface area contributed by atoms with Crippen molar-refractivity contribution in [2.45, 2.75) is 157 Å². The second-order valence-corrected chi connectivity index (χ2v) is 37.6. The van der Waals surface area contributed by atoms with Crippen LogP contribution >= 0.6 is 0 Å². The summed E-state index contributed by atoms with van der Waals surface area (Å²) in [7, 11) is 0. The van der Waals surface area contributed by atoms with Crippen molar-refractivity contribution in [2.75, 3.05) is 0 Å². The molecular formula is C104H96N12O6. The second kappa shape index (κ2) is 30.1. The molecule has 0 spiro atoms. The van der Waals surface area contributed by atoms with E-state index in [4.69, 9.17) is 78.3 Å². The summed E-state index contributed by atoms with van der Waals surface area (Å²) in [6.45, 7) is 39.5. The zero-order chi connectivity index (χ0) is 85.1. The highest BCUT2D eigenvalue weighted by atomic mass is 16.5. The summed E-state index contributed by atoms with van der Waals surface area (Å²) in [6, 6.07) is 76.0. The van der Waals surface area contributed by atoms with Crippen LogP contribution in [0.15, 0.2) is 243 Å². The molecule has 2 N–H and O–H groups in total. The number of H-pyrrole nitrogens is 2. The molecule has 0 saturated carbocycles. The van der Waals surface area contributed by atoms with Gasteiger partial charge < -0.3 is 38.4 Å². The molecule has 18 nitrogen and oxygen atoms in total. The average molecular weight is 1610 g/mol. The molecule has 8 heterocycles. The van der Waals surface area contributed by atoms with Crippen molar-refractivity contribution in [3.8, 4) is 137 Å². The second-order valence-electron chi connectivity index (χ2n) is 37.6. The van der Waals surface area contributed by atoms with Crippen molar-refractivity contribution in [1.82, 2.24) is 59.8 Å². The molecule has 18 rings (SSSR count). The Kier molecular flexibility index (Phi) is 19.5. The van der Waals surface area contributed by atoms with Crippen molar-refractivity contribution >= 4 is 55.2 Å². The number of fused-ring (bicyclic) bond motifs is 21. The largest absolute Gasteiger partial charge is 0.453 e. The van der Waals surface area contributed by atoms with Gasteiger partial charge in [-0.15, -0.1) is 0 Å². The first-order valence-corrected chi connectivity index (χ1v) is 41.4. The first kappa shape index (κ1) is 79.1. The number of hydrogen-bond donors (Lipinski definition) is 2. The van der Waals surface area contributed by atoms with Gasteiger partial charge in [0, 0.05) is 56.2 Å². The number of nitrogens with zero attached hydrogens (tertiary/aromatic N) is 10. The van der Waals surface area contributed by atoms with Crippen molar-refractivity contribution in [3.63, 3.8) is 0 Å². The van der Waals surface area contributed by atoms with Crippen molar-refractivity contribution in [3.05, 3.63) is 276 Å². The highest BCUT2D eigenvalue weighted by molar-refractivity contribution is 6.11. The van der Waals surface area contributed by atoms with E-state index < -0.39 is 0 Å². The van der Waals surface area contributed by atoms with Gasteiger partial charge in [0.1, 0.15) is 68.5 Å². The molecule has 10 aromatic carbocycles. The zero-order valence-corrected chi connectivity index (χ0v) is 72.0. The molecule has 16 aromatic rings. The fourth-order valence-corrected chi connectivity index (χ4v) is 15.1. The Balaban J connectivity index is 0.949. The monoisotopic (exact) mass is 1610 g/mol. The van der Waals surface area contributed by atoms with E-state index in [1.54, 1.807) is 12.4 Å². The SMILES string of the molecule is CC(C)(C)c1ccc(Oc2cc3c(cc2Oc2ccc(C(C)(C)C)cc2)-c2nc-3nc3[nH]c(nc4nc(nc5[nH]c(n2)c2cc6nc(-c7ccccn7)c(-c7ccccn7)nc6cc52)-c2cc(Oc5ccc(C(C)(C)C)cc5)c(Oc5ccc(C(C)(C)C)cc5)cc2-4)c2cc(Oc4ccc(C(C)(C)C)cc4)c(Oc4ccc(C(C)(C)C)cc4)cc32)cc1. The predicted octanol–water partition coefficient (Wildman–Crippen LogP) is 27.5. The Hall–Kier alpha value is -14.0. The fourth-order valence-electron chi connectivity index (χ4n) is 15.1. The Morgan fingerprint density at radius 2 is 0.434 bits per heavy atom. The van der Waals surface area contributed by atoms with Crippen molar-refractivity contribution in [1.29, 1.82) is 0 Å². The molecule has 122 heavy (non-hydrogen) atoms. The quantitative estimate of drug-likeness (QED) is 0.103. The smallest absolute Gasteiger partial charge is 0.170 e. The van der Waals surface area contributed by atoms with Gasteiger partial charge in [-0.3, -0.25) is 9.97 Å². The Labute approximate surface area is 710 Å². The normalized spacial score (nSPS) is 12.5. The van der Waals surface area contributed by atoms with Gasteiger partial charge in [-0.05, 0) is 211 Å². The number of rotatable bonds is 14. The molecule has 6 aromatic heterocycles. The van der Waals surface area contributed by atoms with Crippen LogP contribution in [0, 0.1) is 0 Å². The molecule has 2 aliphatic heterocycles. The Bertz CT molecular complexity index is 6520. The van der Waals surface area contributed by atoms with Crippen LogP contribution in [0.4, 0.5) is 0 Å². The van der Waals surface area contributed by atoms with E-state index in [-0.39, 0.29) is 55.8 Å². The van der Waals surface area contributed by atoms with Gasteiger partial charge in [-0.25, -0.2) is 39.9 Å². The zero-order valence-electron chi connectivity index (χ0n) is 72.0. The minimum Gasteiger partial charge on any atom is -0.453 e. The van der Waals surface area contributed by atoms with Crippen LogP contribution in [0.3, 0.4) is 0 Å². The van der Waals surface area contributed by atoms with Crippen LogP contribution in [-0.2, 0) is 32.5 Å². The number of pyridine rings is 2. The topological polar surface area (TPSA) is 216 Å². The third-order valence-corrected chi connectivity index (χ3v) is 22.3. The van der Waals surface area contributed by atoms with Crippen LogP contribution in [0.2, 0.25) is 0 Å². The lowest BCUT2D eigenvalue weighted by Gasteiger charge is -2.20. The number of aromatic nitrogens is 12. The third kappa shape index (κ3) is 16.0. The maximum Gasteiger partial charge on any atom is 0.170 e.